The first-order chi connectivity index (χ1) is 11.2. The molecule has 0 amide bonds. The summed E-state index contributed by atoms with van der Waals surface area (Å²) in [7, 11) is 0. The van der Waals surface area contributed by atoms with Crippen molar-refractivity contribution in [2.45, 2.75) is 6.92 Å². The summed E-state index contributed by atoms with van der Waals surface area (Å²) < 4.78 is 13.5. The Morgan fingerprint density at radius 2 is 1.52 bits per heavy atom. The molecule has 3 aromatic rings. The molecule has 0 radical (unpaired) electrons. The molecular weight excluding hydrogens is 289 g/mol. The zero-order chi connectivity index (χ0) is 16.2. The number of pyridine rings is 1. The number of hydrogen-bond acceptors (Lipinski definition) is 2. The predicted molar refractivity (Wildman–Crippen MR) is 90.5 cm³/mol. The first-order valence-electron chi connectivity index (χ1n) is 7.35. The Morgan fingerprint density at radius 3 is 2.13 bits per heavy atom. The van der Waals surface area contributed by atoms with Crippen molar-refractivity contribution in [3.05, 3.63) is 90.0 Å². The molecule has 2 nitrogen and oxygen atoms in total. The molecule has 0 unspecified atom stereocenters. The molecule has 3 rings (SSSR count). The number of benzene rings is 2. The van der Waals surface area contributed by atoms with Crippen LogP contribution in [0.15, 0.2) is 73.1 Å². The van der Waals surface area contributed by atoms with Crippen LogP contribution in [-0.4, -0.2) is 10.1 Å². The van der Waals surface area contributed by atoms with Gasteiger partial charge in [-0.1, -0.05) is 36.4 Å². The molecule has 0 saturated heterocycles. The highest BCUT2D eigenvalue weighted by Gasteiger charge is 2.06. The molecule has 0 aliphatic carbocycles. The van der Waals surface area contributed by atoms with Gasteiger partial charge in [-0.2, -0.15) is 0 Å². The van der Waals surface area contributed by atoms with Gasteiger partial charge in [0.2, 0.25) is 0 Å². The molecule has 1 N–H and O–H groups in total. The number of hydrogen-bond donors (Lipinski definition) is 1. The minimum absolute atomic E-state index is 0.334. The van der Waals surface area contributed by atoms with E-state index in [2.05, 4.69) is 11.1 Å². The van der Waals surface area contributed by atoms with E-state index in [0.29, 0.717) is 0 Å². The highest BCUT2D eigenvalue weighted by atomic mass is 19.1. The predicted octanol–water partition coefficient (Wildman–Crippen LogP) is 5.04. The second kappa shape index (κ2) is 6.44. The molecule has 114 valence electrons. The van der Waals surface area contributed by atoms with Crippen molar-refractivity contribution >= 4 is 5.57 Å². The number of phenols is 1. The van der Waals surface area contributed by atoms with Gasteiger partial charge in [0.1, 0.15) is 0 Å². The fourth-order valence-corrected chi connectivity index (χ4v) is 2.56. The number of halogens is 1. The van der Waals surface area contributed by atoms with Gasteiger partial charge in [-0.05, 0) is 59.0 Å². The Hall–Kier alpha value is -2.94. The average Bonchev–Trinajstić information content (AvgIpc) is 2.60. The van der Waals surface area contributed by atoms with Crippen LogP contribution in [-0.2, 0) is 0 Å². The summed E-state index contributed by atoms with van der Waals surface area (Å²) in [5, 5.41) is 9.28. The number of nitrogens with zero attached hydrogens (tertiary/aromatic N) is 1. The molecule has 1 aromatic heterocycles. The molecule has 2 aromatic carbocycles. The standard InChI is InChI=1S/C20H16FNO/c1-2-18(16-9-11-22-12-10-16)15-5-3-14(4-6-15)17-7-8-20(23)19(21)13-17/h2-13,23H,1H3/b18-2+. The van der Waals surface area contributed by atoms with Crippen LogP contribution in [0.25, 0.3) is 16.7 Å². The lowest BCUT2D eigenvalue weighted by Crippen LogP contribution is -1.89. The fourth-order valence-electron chi connectivity index (χ4n) is 2.56. The van der Waals surface area contributed by atoms with Crippen LogP contribution in [0.4, 0.5) is 4.39 Å². The van der Waals surface area contributed by atoms with Gasteiger partial charge < -0.3 is 5.11 Å². The summed E-state index contributed by atoms with van der Waals surface area (Å²) in [6.07, 6.45) is 5.60. The number of rotatable bonds is 3. The normalized spacial score (nSPS) is 11.5. The van der Waals surface area contributed by atoms with E-state index in [9.17, 15) is 9.50 Å². The Bertz CT molecular complexity index is 839. The number of aromatic hydroxyl groups is 1. The van der Waals surface area contributed by atoms with Gasteiger partial charge in [-0.3, -0.25) is 4.98 Å². The average molecular weight is 305 g/mol. The number of allylic oxidation sites excluding steroid dienone is 1. The Balaban J connectivity index is 1.94. The van der Waals surface area contributed by atoms with E-state index in [1.165, 1.54) is 12.1 Å². The van der Waals surface area contributed by atoms with Crippen LogP contribution in [0.2, 0.25) is 0 Å². The molecule has 1 heterocycles. The largest absolute Gasteiger partial charge is 0.505 e. The lowest BCUT2D eigenvalue weighted by Gasteiger charge is -2.09. The van der Waals surface area contributed by atoms with Crippen LogP contribution >= 0.6 is 0 Å². The van der Waals surface area contributed by atoms with E-state index in [4.69, 9.17) is 0 Å². The van der Waals surface area contributed by atoms with Crippen molar-refractivity contribution in [3.63, 3.8) is 0 Å². The second-order valence-corrected chi connectivity index (χ2v) is 5.18. The molecule has 0 spiro atoms. The molecule has 0 bridgehead atoms. The Labute approximate surface area is 134 Å². The van der Waals surface area contributed by atoms with Crippen LogP contribution in [0.5, 0.6) is 5.75 Å². The monoisotopic (exact) mass is 305 g/mol. The zero-order valence-electron chi connectivity index (χ0n) is 12.7. The molecular formula is C20H16FNO. The van der Waals surface area contributed by atoms with Gasteiger partial charge in [0.25, 0.3) is 0 Å². The Morgan fingerprint density at radius 1 is 0.913 bits per heavy atom. The molecule has 0 saturated carbocycles. The van der Waals surface area contributed by atoms with E-state index in [1.807, 2.05) is 43.3 Å². The van der Waals surface area contributed by atoms with Crippen LogP contribution in [0.3, 0.4) is 0 Å². The number of aromatic nitrogens is 1. The van der Waals surface area contributed by atoms with Crippen molar-refractivity contribution in [1.82, 2.24) is 4.98 Å². The quantitative estimate of drug-likeness (QED) is 0.735. The maximum atomic E-state index is 13.5. The summed E-state index contributed by atoms with van der Waals surface area (Å²) in [4.78, 5) is 4.04. The topological polar surface area (TPSA) is 33.1 Å². The molecule has 0 atom stereocenters. The first-order valence-corrected chi connectivity index (χ1v) is 7.35. The van der Waals surface area contributed by atoms with Crippen molar-refractivity contribution in [2.24, 2.45) is 0 Å². The third-order valence-electron chi connectivity index (χ3n) is 3.76. The Kier molecular flexibility index (Phi) is 4.20. The van der Waals surface area contributed by atoms with Crippen LogP contribution in [0, 0.1) is 5.82 Å². The molecule has 3 heteroatoms. The van der Waals surface area contributed by atoms with Gasteiger partial charge in [-0.25, -0.2) is 4.39 Å². The minimum atomic E-state index is -0.613. The maximum Gasteiger partial charge on any atom is 0.165 e. The van der Waals surface area contributed by atoms with E-state index >= 15 is 0 Å². The van der Waals surface area contributed by atoms with E-state index < -0.39 is 5.82 Å². The van der Waals surface area contributed by atoms with Gasteiger partial charge in [0, 0.05) is 12.4 Å². The summed E-state index contributed by atoms with van der Waals surface area (Å²) in [6.45, 7) is 2.00. The highest BCUT2D eigenvalue weighted by molar-refractivity contribution is 5.80. The maximum absolute atomic E-state index is 13.5. The highest BCUT2D eigenvalue weighted by Crippen LogP contribution is 2.28. The van der Waals surface area contributed by atoms with Crippen molar-refractivity contribution in [1.29, 1.82) is 0 Å². The lowest BCUT2D eigenvalue weighted by atomic mass is 9.96. The first kappa shape index (κ1) is 15.0. The number of phenolic OH excluding ortho intramolecular Hbond substituents is 1. The van der Waals surface area contributed by atoms with E-state index in [-0.39, 0.29) is 5.75 Å². The van der Waals surface area contributed by atoms with Crippen LogP contribution < -0.4 is 0 Å². The van der Waals surface area contributed by atoms with Gasteiger partial charge in [0.05, 0.1) is 0 Å². The molecule has 0 aliphatic rings. The van der Waals surface area contributed by atoms with E-state index in [1.54, 1.807) is 18.5 Å². The van der Waals surface area contributed by atoms with Gasteiger partial charge in [0.15, 0.2) is 11.6 Å². The van der Waals surface area contributed by atoms with Gasteiger partial charge in [-0.15, -0.1) is 0 Å². The van der Waals surface area contributed by atoms with Crippen molar-refractivity contribution in [2.75, 3.05) is 0 Å². The van der Waals surface area contributed by atoms with E-state index in [0.717, 1.165) is 27.8 Å². The van der Waals surface area contributed by atoms with Crippen LogP contribution in [0.1, 0.15) is 18.1 Å². The summed E-state index contributed by atoms with van der Waals surface area (Å²) in [5.41, 5.74) is 4.94. The fraction of sp³-hybridized carbons (Fsp3) is 0.0500. The summed E-state index contributed by atoms with van der Waals surface area (Å²) >= 11 is 0. The van der Waals surface area contributed by atoms with Crippen molar-refractivity contribution < 1.29 is 9.50 Å². The molecule has 0 fully saturated rings. The third-order valence-corrected chi connectivity index (χ3v) is 3.76. The molecule has 0 aliphatic heterocycles. The second-order valence-electron chi connectivity index (χ2n) is 5.18. The van der Waals surface area contributed by atoms with Crippen molar-refractivity contribution in [3.8, 4) is 16.9 Å². The zero-order valence-corrected chi connectivity index (χ0v) is 12.7. The summed E-state index contributed by atoms with van der Waals surface area (Å²) in [6, 6.07) is 16.3. The third kappa shape index (κ3) is 3.14. The summed E-state index contributed by atoms with van der Waals surface area (Å²) in [5.74, 6) is -0.947. The lowest BCUT2D eigenvalue weighted by molar-refractivity contribution is 0.432. The smallest absolute Gasteiger partial charge is 0.165 e. The van der Waals surface area contributed by atoms with Gasteiger partial charge >= 0.3 is 0 Å². The minimum Gasteiger partial charge on any atom is -0.505 e. The molecule has 23 heavy (non-hydrogen) atoms. The SMILES string of the molecule is C/C=C(/c1ccncc1)c1ccc(-c2ccc(O)c(F)c2)cc1.